The number of hydrogen-bond donors (Lipinski definition) is 0. The molecule has 10 heavy (non-hydrogen) atoms. The molecule has 0 atom stereocenters. The molecular weight excluding hydrogens is 239 g/mol. The average molecular weight is 244 g/mol. The number of fused-ring (bicyclic) bond motifs is 1. The van der Waals surface area contributed by atoms with E-state index in [-0.39, 0.29) is 21.0 Å². The van der Waals surface area contributed by atoms with E-state index in [1.807, 2.05) is 12.1 Å². The summed E-state index contributed by atoms with van der Waals surface area (Å²) in [6.07, 6.45) is 3.85. The zero-order valence-corrected chi connectivity index (χ0v) is 7.32. The standard InChI is InChI=1S/C7H5IN2/c1-2-7-6(9-5-1)3-4-8-10-7/h1-5H. The largest absolute Gasteiger partial charge is 0.255 e. The van der Waals surface area contributed by atoms with Gasteiger partial charge in [-0.15, -0.1) is 0 Å². The van der Waals surface area contributed by atoms with Gasteiger partial charge in [-0.25, -0.2) is 3.15 Å². The van der Waals surface area contributed by atoms with Crippen molar-refractivity contribution in [3.05, 3.63) is 28.1 Å². The van der Waals surface area contributed by atoms with Gasteiger partial charge in [0.1, 0.15) is 0 Å². The highest BCUT2D eigenvalue weighted by Gasteiger charge is 1.98. The van der Waals surface area contributed by atoms with Crippen molar-refractivity contribution in [1.29, 1.82) is 0 Å². The van der Waals surface area contributed by atoms with Gasteiger partial charge in [-0.3, -0.25) is 4.98 Å². The van der Waals surface area contributed by atoms with E-state index in [2.05, 4.69) is 18.3 Å². The average Bonchev–Trinajstić information content (AvgIpc) is 2.05. The molecule has 3 heteroatoms. The van der Waals surface area contributed by atoms with Crippen LogP contribution >= 0.6 is 21.0 Å². The number of rotatable bonds is 0. The predicted molar refractivity (Wildman–Crippen MR) is 49.4 cm³/mol. The molecule has 0 unspecified atom stereocenters. The summed E-state index contributed by atoms with van der Waals surface area (Å²) in [5, 5.41) is 0. The second-order valence-electron chi connectivity index (χ2n) is 1.88. The Bertz CT molecular complexity index is 273. The van der Waals surface area contributed by atoms with Crippen LogP contribution in [0.2, 0.25) is 0 Å². The summed E-state index contributed by atoms with van der Waals surface area (Å²) in [7, 11) is 0. The van der Waals surface area contributed by atoms with E-state index in [0.717, 1.165) is 11.4 Å². The molecule has 0 radical (unpaired) electrons. The van der Waals surface area contributed by atoms with Gasteiger partial charge in [-0.2, -0.15) is 0 Å². The Morgan fingerprint density at radius 1 is 1.40 bits per heavy atom. The van der Waals surface area contributed by atoms with E-state index in [1.165, 1.54) is 0 Å². The number of pyridine rings is 1. The molecule has 2 nitrogen and oxygen atoms in total. The third-order valence-electron chi connectivity index (χ3n) is 1.23. The molecular formula is C7H5IN2. The lowest BCUT2D eigenvalue weighted by molar-refractivity contribution is 1.28. The van der Waals surface area contributed by atoms with Gasteiger partial charge in [-0.1, -0.05) is 0 Å². The Balaban J connectivity index is 2.65. The highest BCUT2D eigenvalue weighted by Crippen LogP contribution is 2.27. The van der Waals surface area contributed by atoms with Gasteiger partial charge in [0.25, 0.3) is 0 Å². The van der Waals surface area contributed by atoms with Crippen LogP contribution in [0.1, 0.15) is 5.69 Å². The molecule has 0 saturated carbocycles. The molecule has 1 aromatic heterocycles. The molecule has 2 heterocycles. The highest BCUT2D eigenvalue weighted by molar-refractivity contribution is 14.2. The van der Waals surface area contributed by atoms with Crippen molar-refractivity contribution in [2.75, 3.05) is 0 Å². The van der Waals surface area contributed by atoms with Crippen LogP contribution in [-0.2, 0) is 0 Å². The summed E-state index contributed by atoms with van der Waals surface area (Å²) in [5.41, 5.74) is 2.06. The lowest BCUT2D eigenvalue weighted by Gasteiger charge is -1.99. The number of aromatic nitrogens is 1. The van der Waals surface area contributed by atoms with Gasteiger partial charge in [0.15, 0.2) is 0 Å². The van der Waals surface area contributed by atoms with Gasteiger partial charge < -0.3 is 0 Å². The molecule has 1 aliphatic rings. The lowest BCUT2D eigenvalue weighted by Crippen LogP contribution is -1.79. The molecule has 0 aliphatic carbocycles. The van der Waals surface area contributed by atoms with E-state index in [9.17, 15) is 0 Å². The Kier molecular flexibility index (Phi) is 1.58. The molecule has 50 valence electrons. The van der Waals surface area contributed by atoms with Crippen LogP contribution < -0.4 is 0 Å². The topological polar surface area (TPSA) is 25.2 Å². The first-order valence-corrected chi connectivity index (χ1v) is 5.13. The van der Waals surface area contributed by atoms with Crippen LogP contribution in [0.3, 0.4) is 0 Å². The summed E-state index contributed by atoms with van der Waals surface area (Å²) in [6, 6.07) is 3.93. The van der Waals surface area contributed by atoms with Crippen molar-refractivity contribution in [2.24, 2.45) is 3.15 Å². The zero-order valence-electron chi connectivity index (χ0n) is 5.16. The zero-order chi connectivity index (χ0) is 6.81. The number of halogens is 1. The van der Waals surface area contributed by atoms with Gasteiger partial charge in [0.2, 0.25) is 0 Å². The van der Waals surface area contributed by atoms with E-state index < -0.39 is 0 Å². The van der Waals surface area contributed by atoms with Gasteiger partial charge in [0.05, 0.1) is 11.4 Å². The first-order valence-electron chi connectivity index (χ1n) is 2.92. The highest BCUT2D eigenvalue weighted by atomic mass is 127. The molecule has 0 aromatic carbocycles. The molecule has 0 bridgehead atoms. The molecule has 0 saturated heterocycles. The smallest absolute Gasteiger partial charge is 0.0948 e. The minimum Gasteiger partial charge on any atom is -0.255 e. The summed E-state index contributed by atoms with van der Waals surface area (Å²) in [6.45, 7) is 0. The maximum Gasteiger partial charge on any atom is 0.0948 e. The minimum absolute atomic E-state index is 0.0698. The normalized spacial score (nSPS) is 14.0. The van der Waals surface area contributed by atoms with E-state index in [1.54, 1.807) is 6.20 Å². The number of hydrogen-bond acceptors (Lipinski definition) is 2. The number of nitrogens with zero attached hydrogens (tertiary/aromatic N) is 2. The summed E-state index contributed by atoms with van der Waals surface area (Å²) in [5.74, 6) is 0. The predicted octanol–water partition coefficient (Wildman–Crippen LogP) is 2.85. The van der Waals surface area contributed by atoms with Gasteiger partial charge >= 0.3 is 0 Å². The SMILES string of the molecule is C1=Cc2ncccc2N=I1. The second kappa shape index (κ2) is 2.57. The fourth-order valence-electron chi connectivity index (χ4n) is 0.777. The first-order chi connectivity index (χ1) is 4.97. The molecule has 1 aromatic rings. The van der Waals surface area contributed by atoms with Crippen molar-refractivity contribution in [2.45, 2.75) is 0 Å². The molecule has 0 N–H and O–H groups in total. The summed E-state index contributed by atoms with van der Waals surface area (Å²) < 4.78 is 6.47. The van der Waals surface area contributed by atoms with Crippen LogP contribution in [0.5, 0.6) is 0 Å². The van der Waals surface area contributed by atoms with Crippen molar-refractivity contribution in [3.63, 3.8) is 0 Å². The fourth-order valence-corrected chi connectivity index (χ4v) is 2.15. The molecule has 0 spiro atoms. The Labute approximate surface area is 69.1 Å². The van der Waals surface area contributed by atoms with E-state index in [0.29, 0.717) is 0 Å². The van der Waals surface area contributed by atoms with Crippen molar-refractivity contribution >= 4 is 32.8 Å². The van der Waals surface area contributed by atoms with Crippen LogP contribution in [0, 0.1) is 0 Å². The van der Waals surface area contributed by atoms with Crippen molar-refractivity contribution in [1.82, 2.24) is 4.98 Å². The Hall–Kier alpha value is -0.580. The lowest BCUT2D eigenvalue weighted by atomic mass is 10.3. The second-order valence-corrected chi connectivity index (χ2v) is 3.64. The molecule has 0 amide bonds. The maximum absolute atomic E-state index is 4.35. The molecule has 1 aliphatic heterocycles. The maximum atomic E-state index is 4.35. The van der Waals surface area contributed by atoms with Crippen LogP contribution in [0.4, 0.5) is 5.69 Å². The molecule has 2 rings (SSSR count). The Morgan fingerprint density at radius 2 is 2.40 bits per heavy atom. The fraction of sp³-hybridized carbons (Fsp3) is 0. The summed E-state index contributed by atoms with van der Waals surface area (Å²) >= 11 is -0.0698. The molecule has 0 fully saturated rings. The summed E-state index contributed by atoms with van der Waals surface area (Å²) in [4.78, 5) is 4.16. The minimum atomic E-state index is -0.0698. The van der Waals surface area contributed by atoms with Crippen molar-refractivity contribution in [3.8, 4) is 0 Å². The monoisotopic (exact) mass is 244 g/mol. The van der Waals surface area contributed by atoms with E-state index >= 15 is 0 Å². The van der Waals surface area contributed by atoms with E-state index in [4.69, 9.17) is 0 Å². The van der Waals surface area contributed by atoms with Crippen LogP contribution in [0.15, 0.2) is 25.6 Å². The van der Waals surface area contributed by atoms with Crippen LogP contribution in [-0.4, -0.2) is 4.98 Å². The Morgan fingerprint density at radius 3 is 3.30 bits per heavy atom. The third kappa shape index (κ3) is 1.01. The third-order valence-corrected chi connectivity index (χ3v) is 2.71. The van der Waals surface area contributed by atoms with Crippen molar-refractivity contribution < 1.29 is 0 Å². The quantitative estimate of drug-likeness (QED) is 0.644. The van der Waals surface area contributed by atoms with Crippen LogP contribution in [0.25, 0.3) is 6.08 Å². The first kappa shape index (κ1) is 6.15. The van der Waals surface area contributed by atoms with Gasteiger partial charge in [0, 0.05) is 27.2 Å². The van der Waals surface area contributed by atoms with Gasteiger partial charge in [-0.05, 0) is 22.3 Å².